The molecule has 2 aliphatic carbocycles. The topological polar surface area (TPSA) is 40.5 Å². The van der Waals surface area contributed by atoms with Crippen LogP contribution in [0.15, 0.2) is 0 Å². The highest BCUT2D eigenvalue weighted by molar-refractivity contribution is 5.78. The first-order valence-corrected chi connectivity index (χ1v) is 7.10. The van der Waals surface area contributed by atoms with Gasteiger partial charge in [-0.1, -0.05) is 19.3 Å². The number of hydrogen-bond acceptors (Lipinski definition) is 2. The number of carbonyl (C=O) groups is 1. The van der Waals surface area contributed by atoms with Crippen LogP contribution in [0.25, 0.3) is 0 Å². The minimum Gasteiger partial charge on any atom is -0.393 e. The summed E-state index contributed by atoms with van der Waals surface area (Å²) in [4.78, 5) is 14.1. The van der Waals surface area contributed by atoms with Crippen molar-refractivity contribution < 1.29 is 9.90 Å². The Kier molecular flexibility index (Phi) is 4.43. The van der Waals surface area contributed by atoms with Crippen LogP contribution in [0.1, 0.15) is 51.4 Å². The first-order valence-electron chi connectivity index (χ1n) is 7.10. The van der Waals surface area contributed by atoms with Crippen molar-refractivity contribution in [2.45, 2.75) is 57.5 Å². The van der Waals surface area contributed by atoms with Crippen molar-refractivity contribution in [2.75, 3.05) is 13.6 Å². The summed E-state index contributed by atoms with van der Waals surface area (Å²) >= 11 is 0. The molecule has 0 spiro atoms. The van der Waals surface area contributed by atoms with E-state index in [1.807, 2.05) is 11.9 Å². The number of amides is 1. The highest BCUT2D eigenvalue weighted by Gasteiger charge is 2.27. The highest BCUT2D eigenvalue weighted by atomic mass is 16.3. The van der Waals surface area contributed by atoms with Gasteiger partial charge in [0.25, 0.3) is 0 Å². The molecule has 0 aromatic heterocycles. The van der Waals surface area contributed by atoms with E-state index in [1.165, 1.54) is 25.7 Å². The van der Waals surface area contributed by atoms with Crippen LogP contribution in [-0.2, 0) is 4.79 Å². The van der Waals surface area contributed by atoms with Crippen molar-refractivity contribution in [2.24, 2.45) is 11.8 Å². The molecule has 0 radical (unpaired) electrons. The predicted octanol–water partition coefficient (Wildman–Crippen LogP) is 2.19. The van der Waals surface area contributed by atoms with E-state index in [-0.39, 0.29) is 12.0 Å². The third-order valence-electron chi connectivity index (χ3n) is 4.52. The lowest BCUT2D eigenvalue weighted by molar-refractivity contribution is -0.136. The summed E-state index contributed by atoms with van der Waals surface area (Å²) in [6.45, 7) is 0.919. The van der Waals surface area contributed by atoms with Gasteiger partial charge in [-0.2, -0.15) is 0 Å². The second-order valence-corrected chi connectivity index (χ2v) is 5.85. The van der Waals surface area contributed by atoms with E-state index in [0.717, 1.165) is 38.1 Å². The van der Waals surface area contributed by atoms with Crippen LogP contribution >= 0.6 is 0 Å². The predicted molar refractivity (Wildman–Crippen MR) is 67.6 cm³/mol. The van der Waals surface area contributed by atoms with Gasteiger partial charge < -0.3 is 10.0 Å². The summed E-state index contributed by atoms with van der Waals surface area (Å²) in [7, 11) is 1.94. The van der Waals surface area contributed by atoms with E-state index in [2.05, 4.69) is 0 Å². The van der Waals surface area contributed by atoms with Crippen molar-refractivity contribution in [1.29, 1.82) is 0 Å². The number of aliphatic hydroxyl groups is 1. The summed E-state index contributed by atoms with van der Waals surface area (Å²) in [6.07, 6.45) is 8.44. The first kappa shape index (κ1) is 12.9. The monoisotopic (exact) mass is 239 g/mol. The van der Waals surface area contributed by atoms with Crippen molar-refractivity contribution in [3.8, 4) is 0 Å². The van der Waals surface area contributed by atoms with E-state index >= 15 is 0 Å². The van der Waals surface area contributed by atoms with Crippen LogP contribution in [0.4, 0.5) is 0 Å². The van der Waals surface area contributed by atoms with Gasteiger partial charge >= 0.3 is 0 Å². The fraction of sp³-hybridized carbons (Fsp3) is 0.929. The first-order chi connectivity index (χ1) is 8.16. The number of hydrogen-bond donors (Lipinski definition) is 1. The third-order valence-corrected chi connectivity index (χ3v) is 4.52. The third kappa shape index (κ3) is 3.44. The lowest BCUT2D eigenvalue weighted by Gasteiger charge is -2.31. The smallest absolute Gasteiger partial charge is 0.225 e. The summed E-state index contributed by atoms with van der Waals surface area (Å²) in [5.74, 6) is 1.35. The van der Waals surface area contributed by atoms with Gasteiger partial charge in [-0.25, -0.2) is 0 Å². The van der Waals surface area contributed by atoms with Crippen LogP contribution in [0.3, 0.4) is 0 Å². The van der Waals surface area contributed by atoms with E-state index in [9.17, 15) is 9.90 Å². The average molecular weight is 239 g/mol. The standard InChI is InChI=1S/C14H25NO2/c1-15(10-9-11-3-2-4-11)14(17)12-5-7-13(16)8-6-12/h11-13,16H,2-10H2,1H3. The van der Waals surface area contributed by atoms with Gasteiger partial charge in [0.05, 0.1) is 6.10 Å². The van der Waals surface area contributed by atoms with Gasteiger partial charge in [0.2, 0.25) is 5.91 Å². The molecule has 0 aromatic rings. The summed E-state index contributed by atoms with van der Waals surface area (Å²) < 4.78 is 0. The molecule has 0 aromatic carbocycles. The Bertz CT molecular complexity index is 255. The number of carbonyl (C=O) groups excluding carboxylic acids is 1. The molecule has 17 heavy (non-hydrogen) atoms. The molecule has 3 heteroatoms. The zero-order valence-electron chi connectivity index (χ0n) is 10.9. The zero-order valence-corrected chi connectivity index (χ0v) is 10.9. The van der Waals surface area contributed by atoms with E-state index in [0.29, 0.717) is 5.91 Å². The van der Waals surface area contributed by atoms with Crippen LogP contribution in [0, 0.1) is 11.8 Å². The summed E-state index contributed by atoms with van der Waals surface area (Å²) in [5, 5.41) is 9.44. The molecule has 98 valence electrons. The van der Waals surface area contributed by atoms with Gasteiger partial charge in [0.15, 0.2) is 0 Å². The van der Waals surface area contributed by atoms with Crippen LogP contribution in [0.2, 0.25) is 0 Å². The molecule has 0 aliphatic heterocycles. The number of rotatable bonds is 4. The van der Waals surface area contributed by atoms with Crippen molar-refractivity contribution in [3.63, 3.8) is 0 Å². The molecule has 1 amide bonds. The SMILES string of the molecule is CN(CCC1CCC1)C(=O)C1CCC(O)CC1. The summed E-state index contributed by atoms with van der Waals surface area (Å²) in [6, 6.07) is 0. The maximum absolute atomic E-state index is 12.2. The largest absolute Gasteiger partial charge is 0.393 e. The van der Waals surface area contributed by atoms with E-state index in [4.69, 9.17) is 0 Å². The Morgan fingerprint density at radius 3 is 2.35 bits per heavy atom. The fourth-order valence-electron chi connectivity index (χ4n) is 2.90. The Morgan fingerprint density at radius 2 is 1.82 bits per heavy atom. The van der Waals surface area contributed by atoms with Crippen molar-refractivity contribution >= 4 is 5.91 Å². The molecule has 0 bridgehead atoms. The normalized spacial score (nSPS) is 29.8. The molecule has 2 saturated carbocycles. The second kappa shape index (κ2) is 5.85. The van der Waals surface area contributed by atoms with Crippen LogP contribution < -0.4 is 0 Å². The van der Waals surface area contributed by atoms with Gasteiger partial charge in [0.1, 0.15) is 0 Å². The molecule has 2 rings (SSSR count). The lowest BCUT2D eigenvalue weighted by Crippen LogP contribution is -2.37. The molecular formula is C14H25NO2. The quantitative estimate of drug-likeness (QED) is 0.817. The minimum atomic E-state index is -0.167. The number of nitrogens with zero attached hydrogens (tertiary/aromatic N) is 1. The average Bonchev–Trinajstić information content (AvgIpc) is 2.27. The van der Waals surface area contributed by atoms with Crippen LogP contribution in [0.5, 0.6) is 0 Å². The molecule has 2 aliphatic rings. The fourth-order valence-corrected chi connectivity index (χ4v) is 2.90. The van der Waals surface area contributed by atoms with E-state index < -0.39 is 0 Å². The maximum Gasteiger partial charge on any atom is 0.225 e. The van der Waals surface area contributed by atoms with Gasteiger partial charge in [0, 0.05) is 19.5 Å². The highest BCUT2D eigenvalue weighted by Crippen LogP contribution is 2.30. The van der Waals surface area contributed by atoms with Gasteiger partial charge in [-0.3, -0.25) is 4.79 Å². The Balaban J connectivity index is 1.70. The van der Waals surface area contributed by atoms with Gasteiger partial charge in [-0.15, -0.1) is 0 Å². The molecule has 0 atom stereocenters. The van der Waals surface area contributed by atoms with Crippen LogP contribution in [-0.4, -0.2) is 35.6 Å². The van der Waals surface area contributed by atoms with Crippen molar-refractivity contribution in [3.05, 3.63) is 0 Å². The Morgan fingerprint density at radius 1 is 1.18 bits per heavy atom. The maximum atomic E-state index is 12.2. The molecule has 2 fully saturated rings. The van der Waals surface area contributed by atoms with Gasteiger partial charge in [-0.05, 0) is 38.0 Å². The molecular weight excluding hydrogens is 214 g/mol. The van der Waals surface area contributed by atoms with Crippen molar-refractivity contribution in [1.82, 2.24) is 4.90 Å². The molecule has 0 heterocycles. The Hall–Kier alpha value is -0.570. The molecule has 0 unspecified atom stereocenters. The zero-order chi connectivity index (χ0) is 12.3. The van der Waals surface area contributed by atoms with E-state index in [1.54, 1.807) is 0 Å². The minimum absolute atomic E-state index is 0.167. The molecule has 1 N–H and O–H groups in total. The summed E-state index contributed by atoms with van der Waals surface area (Å²) in [5.41, 5.74) is 0. The number of aliphatic hydroxyl groups excluding tert-OH is 1. The molecule has 3 nitrogen and oxygen atoms in total. The lowest BCUT2D eigenvalue weighted by atomic mass is 9.82. The second-order valence-electron chi connectivity index (χ2n) is 5.85. The molecule has 0 saturated heterocycles. The Labute approximate surface area is 104 Å².